The van der Waals surface area contributed by atoms with Gasteiger partial charge in [0.25, 0.3) is 11.8 Å². The first-order chi connectivity index (χ1) is 18.8. The van der Waals surface area contributed by atoms with Crippen molar-refractivity contribution in [2.45, 2.75) is 31.5 Å². The lowest BCUT2D eigenvalue weighted by Gasteiger charge is -2.36. The van der Waals surface area contributed by atoms with Gasteiger partial charge in [0.1, 0.15) is 18.1 Å². The van der Waals surface area contributed by atoms with Crippen molar-refractivity contribution in [3.8, 4) is 0 Å². The minimum Gasteiger partial charge on any atom is -0.480 e. The summed E-state index contributed by atoms with van der Waals surface area (Å²) < 4.78 is 0. The molecule has 2 aliphatic rings. The molecule has 0 bridgehead atoms. The Morgan fingerprint density at radius 3 is 2.56 bits per heavy atom. The number of carboxylic acids is 1. The van der Waals surface area contributed by atoms with Gasteiger partial charge in [-0.2, -0.15) is 0 Å². The summed E-state index contributed by atoms with van der Waals surface area (Å²) in [6.45, 7) is 1.34. The van der Waals surface area contributed by atoms with Crippen molar-refractivity contribution in [3.63, 3.8) is 0 Å². The van der Waals surface area contributed by atoms with E-state index in [0.717, 1.165) is 32.6 Å². The van der Waals surface area contributed by atoms with Crippen LogP contribution >= 0.6 is 11.6 Å². The van der Waals surface area contributed by atoms with Gasteiger partial charge in [-0.1, -0.05) is 54.1 Å². The standard InChI is InChI=1S/C29H23ClN4O5/c1-15(28(37)38)31-26(35)19-10-3-5-12-22(19)34-27(36)23-14-20-18-9-2-4-11-21(18)32-24(20)25(33(23)29(34)39)16-7-6-8-17(30)13-16/h2-13,15,23,25,32H,14H2,1H3,(H,31,35)(H,37,38)/t15-,23+,25?/m1/s1. The van der Waals surface area contributed by atoms with Crippen LogP contribution in [0.3, 0.4) is 0 Å². The number of H-pyrrole nitrogens is 1. The number of aromatic amines is 1. The summed E-state index contributed by atoms with van der Waals surface area (Å²) in [4.78, 5) is 58.4. The summed E-state index contributed by atoms with van der Waals surface area (Å²) in [6, 6.07) is 18.0. The number of urea groups is 1. The van der Waals surface area contributed by atoms with E-state index < -0.39 is 41.9 Å². The van der Waals surface area contributed by atoms with Gasteiger partial charge in [-0.25, -0.2) is 9.69 Å². The number of para-hydroxylation sites is 2. The molecule has 0 spiro atoms. The summed E-state index contributed by atoms with van der Waals surface area (Å²) in [5.74, 6) is -2.37. The van der Waals surface area contributed by atoms with E-state index in [-0.39, 0.29) is 11.3 Å². The molecule has 1 aromatic heterocycles. The molecule has 4 amide bonds. The van der Waals surface area contributed by atoms with Gasteiger partial charge in [0.15, 0.2) is 0 Å². The van der Waals surface area contributed by atoms with Crippen molar-refractivity contribution in [3.05, 3.63) is 100 Å². The number of halogens is 1. The molecular weight excluding hydrogens is 520 g/mol. The number of amides is 4. The molecule has 196 valence electrons. The topological polar surface area (TPSA) is 123 Å². The predicted octanol–water partition coefficient (Wildman–Crippen LogP) is 4.51. The van der Waals surface area contributed by atoms with E-state index >= 15 is 0 Å². The molecule has 0 aliphatic carbocycles. The Balaban J connectivity index is 1.47. The van der Waals surface area contributed by atoms with Crippen LogP contribution in [0.2, 0.25) is 5.02 Å². The highest BCUT2D eigenvalue weighted by Crippen LogP contribution is 2.45. The van der Waals surface area contributed by atoms with Gasteiger partial charge in [0.2, 0.25) is 0 Å². The van der Waals surface area contributed by atoms with Crippen LogP contribution in [-0.2, 0) is 16.0 Å². The van der Waals surface area contributed by atoms with E-state index in [1.165, 1.54) is 19.1 Å². The molecule has 6 rings (SSSR count). The summed E-state index contributed by atoms with van der Waals surface area (Å²) >= 11 is 6.34. The number of hydrogen-bond acceptors (Lipinski definition) is 4. The van der Waals surface area contributed by atoms with Crippen LogP contribution in [-0.4, -0.2) is 50.9 Å². The van der Waals surface area contributed by atoms with Crippen LogP contribution in [0.5, 0.6) is 0 Å². The molecule has 3 heterocycles. The van der Waals surface area contributed by atoms with Crippen molar-refractivity contribution in [1.29, 1.82) is 0 Å². The van der Waals surface area contributed by atoms with E-state index in [4.69, 9.17) is 11.6 Å². The fourth-order valence-corrected chi connectivity index (χ4v) is 5.71. The van der Waals surface area contributed by atoms with Gasteiger partial charge in [0.05, 0.1) is 11.3 Å². The number of nitrogens with one attached hydrogen (secondary N) is 2. The third-order valence-electron chi connectivity index (χ3n) is 7.32. The van der Waals surface area contributed by atoms with Crippen LogP contribution in [0.25, 0.3) is 10.9 Å². The molecule has 1 unspecified atom stereocenters. The molecule has 3 N–H and O–H groups in total. The van der Waals surface area contributed by atoms with E-state index in [0.29, 0.717) is 11.4 Å². The third-order valence-corrected chi connectivity index (χ3v) is 7.56. The summed E-state index contributed by atoms with van der Waals surface area (Å²) in [5.41, 5.74) is 3.51. The fourth-order valence-electron chi connectivity index (χ4n) is 5.52. The average molecular weight is 543 g/mol. The Morgan fingerprint density at radius 1 is 1.05 bits per heavy atom. The summed E-state index contributed by atoms with van der Waals surface area (Å²) in [5, 5.41) is 13.1. The number of aromatic nitrogens is 1. The lowest BCUT2D eigenvalue weighted by molar-refractivity contribution is -0.138. The largest absolute Gasteiger partial charge is 0.480 e. The van der Waals surface area contributed by atoms with Crippen molar-refractivity contribution in [2.24, 2.45) is 0 Å². The summed E-state index contributed by atoms with van der Waals surface area (Å²) in [6.07, 6.45) is 0.294. The van der Waals surface area contributed by atoms with E-state index in [2.05, 4.69) is 10.3 Å². The van der Waals surface area contributed by atoms with E-state index in [1.807, 2.05) is 30.3 Å². The van der Waals surface area contributed by atoms with Crippen LogP contribution in [0.1, 0.15) is 40.1 Å². The number of carboxylic acid groups (broad SMARTS) is 1. The first kappa shape index (κ1) is 24.7. The number of hydrogen-bond donors (Lipinski definition) is 3. The first-order valence-corrected chi connectivity index (χ1v) is 12.8. The number of nitrogens with zero attached hydrogens (tertiary/aromatic N) is 2. The Morgan fingerprint density at radius 2 is 1.79 bits per heavy atom. The van der Waals surface area contributed by atoms with Gasteiger partial charge in [0, 0.05) is 28.0 Å². The number of carbonyl (C=O) groups is 4. The zero-order valence-corrected chi connectivity index (χ0v) is 21.5. The Bertz CT molecular complexity index is 1680. The van der Waals surface area contributed by atoms with E-state index in [1.54, 1.807) is 35.2 Å². The van der Waals surface area contributed by atoms with Crippen LogP contribution in [0.15, 0.2) is 72.8 Å². The second kappa shape index (κ2) is 9.28. The highest BCUT2D eigenvalue weighted by molar-refractivity contribution is 6.30. The smallest absolute Gasteiger partial charge is 0.332 e. The fraction of sp³-hybridized carbons (Fsp3) is 0.172. The van der Waals surface area contributed by atoms with Crippen LogP contribution in [0.4, 0.5) is 10.5 Å². The van der Waals surface area contributed by atoms with Crippen molar-refractivity contribution in [1.82, 2.24) is 15.2 Å². The molecule has 39 heavy (non-hydrogen) atoms. The number of fused-ring (bicyclic) bond motifs is 4. The molecular formula is C29H23ClN4O5. The normalized spacial score (nSPS) is 19.1. The lowest BCUT2D eigenvalue weighted by Crippen LogP contribution is -2.44. The average Bonchev–Trinajstić information content (AvgIpc) is 3.41. The van der Waals surface area contributed by atoms with Crippen molar-refractivity contribution >= 4 is 52.0 Å². The van der Waals surface area contributed by atoms with Crippen LogP contribution < -0.4 is 10.2 Å². The number of rotatable bonds is 5. The van der Waals surface area contributed by atoms with Gasteiger partial charge < -0.3 is 15.4 Å². The maximum atomic E-state index is 14.1. The number of imide groups is 1. The molecule has 0 saturated carbocycles. The van der Waals surface area contributed by atoms with Crippen molar-refractivity contribution in [2.75, 3.05) is 4.90 Å². The molecule has 10 heteroatoms. The number of carbonyl (C=O) groups excluding carboxylic acids is 3. The number of benzene rings is 3. The molecule has 0 radical (unpaired) electrons. The third kappa shape index (κ3) is 3.93. The SMILES string of the molecule is C[C@@H](NC(=O)c1ccccc1N1C(=O)[C@@H]2Cc3c([nH]c4ccccc34)C(c3cccc(Cl)c3)N2C1=O)C(=O)O. The minimum absolute atomic E-state index is 0.0235. The van der Waals surface area contributed by atoms with Gasteiger partial charge in [-0.3, -0.25) is 19.3 Å². The molecule has 3 atom stereocenters. The molecule has 1 saturated heterocycles. The maximum absolute atomic E-state index is 14.1. The molecule has 3 aromatic carbocycles. The lowest BCUT2D eigenvalue weighted by atomic mass is 9.89. The minimum atomic E-state index is -1.20. The zero-order chi connectivity index (χ0) is 27.4. The Hall–Kier alpha value is -4.63. The van der Waals surface area contributed by atoms with Crippen molar-refractivity contribution < 1.29 is 24.3 Å². The number of anilines is 1. The van der Waals surface area contributed by atoms with Crippen LogP contribution in [0, 0.1) is 0 Å². The highest BCUT2D eigenvalue weighted by Gasteiger charge is 2.53. The Labute approximate surface area is 228 Å². The Kier molecular flexibility index (Phi) is 5.88. The maximum Gasteiger partial charge on any atom is 0.332 e. The predicted molar refractivity (Wildman–Crippen MR) is 145 cm³/mol. The van der Waals surface area contributed by atoms with Gasteiger partial charge >= 0.3 is 12.0 Å². The first-order valence-electron chi connectivity index (χ1n) is 12.4. The second-order valence-corrected chi connectivity index (χ2v) is 10.1. The molecule has 2 aliphatic heterocycles. The quantitative estimate of drug-likeness (QED) is 0.320. The molecule has 9 nitrogen and oxygen atoms in total. The second-order valence-electron chi connectivity index (χ2n) is 9.65. The van der Waals surface area contributed by atoms with E-state index in [9.17, 15) is 24.3 Å². The van der Waals surface area contributed by atoms with Gasteiger partial charge in [-0.05, 0) is 48.4 Å². The summed E-state index contributed by atoms with van der Waals surface area (Å²) in [7, 11) is 0. The highest BCUT2D eigenvalue weighted by atomic mass is 35.5. The zero-order valence-electron chi connectivity index (χ0n) is 20.7. The molecule has 4 aromatic rings. The number of aliphatic carboxylic acids is 1. The monoisotopic (exact) mass is 542 g/mol. The van der Waals surface area contributed by atoms with Gasteiger partial charge in [-0.15, -0.1) is 0 Å². The molecule has 1 fully saturated rings.